The number of amides is 1. The van der Waals surface area contributed by atoms with Gasteiger partial charge in [-0.15, -0.1) is 0 Å². The molecule has 1 aromatic heterocycles. The lowest BCUT2D eigenvalue weighted by molar-refractivity contribution is 0.0932. The number of methoxy groups -OCH3 is 1. The van der Waals surface area contributed by atoms with E-state index in [2.05, 4.69) is 51.5 Å². The van der Waals surface area contributed by atoms with Gasteiger partial charge in [0.1, 0.15) is 5.69 Å². The van der Waals surface area contributed by atoms with E-state index < -0.39 is 0 Å². The van der Waals surface area contributed by atoms with Crippen molar-refractivity contribution in [2.75, 3.05) is 43.6 Å². The van der Waals surface area contributed by atoms with E-state index in [9.17, 15) is 4.79 Å². The van der Waals surface area contributed by atoms with Gasteiger partial charge < -0.3 is 20.3 Å². The molecule has 2 N–H and O–H groups in total. The normalized spacial score (nSPS) is 10.4. The minimum atomic E-state index is -0.251. The molecule has 0 radical (unpaired) electrons. The Labute approximate surface area is 148 Å². The summed E-state index contributed by atoms with van der Waals surface area (Å²) in [7, 11) is 1.59. The van der Waals surface area contributed by atoms with Crippen LogP contribution in [0.3, 0.4) is 0 Å². The van der Waals surface area contributed by atoms with E-state index in [-0.39, 0.29) is 5.91 Å². The highest BCUT2D eigenvalue weighted by atomic mass is 16.5. The summed E-state index contributed by atoms with van der Waals surface area (Å²) in [6.45, 7) is 7.09. The number of nitrogens with one attached hydrogen (secondary N) is 2. The molecule has 7 nitrogen and oxygen atoms in total. The van der Waals surface area contributed by atoms with Crippen molar-refractivity contribution < 1.29 is 9.53 Å². The first kappa shape index (κ1) is 18.7. The third-order valence-corrected chi connectivity index (χ3v) is 3.73. The van der Waals surface area contributed by atoms with Crippen LogP contribution in [0.4, 0.5) is 17.3 Å². The summed E-state index contributed by atoms with van der Waals surface area (Å²) in [6.07, 6.45) is 1.56. The number of aromatic nitrogens is 2. The molecule has 1 amide bonds. The summed E-state index contributed by atoms with van der Waals surface area (Å²) in [4.78, 5) is 22.7. The summed E-state index contributed by atoms with van der Waals surface area (Å²) >= 11 is 0. The average Bonchev–Trinajstić information content (AvgIpc) is 2.64. The van der Waals surface area contributed by atoms with Crippen LogP contribution >= 0.6 is 0 Å². The molecule has 0 unspecified atom stereocenters. The molecule has 0 aliphatic heterocycles. The van der Waals surface area contributed by atoms with Crippen molar-refractivity contribution >= 4 is 23.2 Å². The number of hydrogen-bond donors (Lipinski definition) is 2. The van der Waals surface area contributed by atoms with Crippen molar-refractivity contribution in [2.24, 2.45) is 0 Å². The van der Waals surface area contributed by atoms with Crippen molar-refractivity contribution in [3.63, 3.8) is 0 Å². The van der Waals surface area contributed by atoms with Crippen LogP contribution in [-0.4, -0.2) is 49.2 Å². The lowest BCUT2D eigenvalue weighted by Crippen LogP contribution is -2.27. The van der Waals surface area contributed by atoms with Crippen molar-refractivity contribution in [1.82, 2.24) is 15.3 Å². The van der Waals surface area contributed by atoms with Gasteiger partial charge >= 0.3 is 0 Å². The average molecular weight is 343 g/mol. The number of anilines is 3. The molecule has 0 bridgehead atoms. The first-order valence-corrected chi connectivity index (χ1v) is 8.40. The van der Waals surface area contributed by atoms with Crippen LogP contribution in [0.25, 0.3) is 0 Å². The van der Waals surface area contributed by atoms with Gasteiger partial charge in [0, 0.05) is 44.3 Å². The zero-order chi connectivity index (χ0) is 18.1. The molecule has 2 rings (SSSR count). The topological polar surface area (TPSA) is 79.4 Å². The van der Waals surface area contributed by atoms with Gasteiger partial charge in [0.05, 0.1) is 6.61 Å². The Balaban J connectivity index is 2.03. The molecule has 1 heterocycles. The molecule has 0 aliphatic carbocycles. The minimum absolute atomic E-state index is 0.251. The molecule has 1 aromatic carbocycles. The lowest BCUT2D eigenvalue weighted by Gasteiger charge is -2.21. The monoisotopic (exact) mass is 343 g/mol. The fraction of sp³-hybridized carbons (Fsp3) is 0.389. The largest absolute Gasteiger partial charge is 0.383 e. The molecule has 2 aromatic rings. The Morgan fingerprint density at radius 3 is 2.52 bits per heavy atom. The number of nitrogens with zero attached hydrogens (tertiary/aromatic N) is 3. The molecule has 0 spiro atoms. The van der Waals surface area contributed by atoms with Crippen LogP contribution in [0, 0.1) is 0 Å². The van der Waals surface area contributed by atoms with Gasteiger partial charge in [-0.05, 0) is 44.2 Å². The fourth-order valence-corrected chi connectivity index (χ4v) is 2.38. The maximum absolute atomic E-state index is 12.0. The second kappa shape index (κ2) is 9.58. The zero-order valence-electron chi connectivity index (χ0n) is 15.0. The number of rotatable bonds is 9. The van der Waals surface area contributed by atoms with E-state index in [4.69, 9.17) is 4.74 Å². The molecule has 0 atom stereocenters. The van der Waals surface area contributed by atoms with Crippen molar-refractivity contribution in [3.8, 4) is 0 Å². The van der Waals surface area contributed by atoms with Gasteiger partial charge in [-0.25, -0.2) is 9.97 Å². The molecule has 0 aliphatic rings. The zero-order valence-corrected chi connectivity index (χ0v) is 15.0. The van der Waals surface area contributed by atoms with Gasteiger partial charge in [-0.2, -0.15) is 0 Å². The molecule has 0 saturated carbocycles. The third-order valence-electron chi connectivity index (χ3n) is 3.73. The summed E-state index contributed by atoms with van der Waals surface area (Å²) in [6, 6.07) is 9.63. The lowest BCUT2D eigenvalue weighted by atomic mass is 10.2. The minimum Gasteiger partial charge on any atom is -0.383 e. The van der Waals surface area contributed by atoms with Crippen LogP contribution in [0.15, 0.2) is 36.5 Å². The van der Waals surface area contributed by atoms with Gasteiger partial charge in [-0.3, -0.25) is 4.79 Å². The van der Waals surface area contributed by atoms with Gasteiger partial charge in [-0.1, -0.05) is 0 Å². The van der Waals surface area contributed by atoms with E-state index in [0.29, 0.717) is 24.8 Å². The second-order valence-electron chi connectivity index (χ2n) is 5.36. The number of ether oxygens (including phenoxy) is 1. The predicted molar refractivity (Wildman–Crippen MR) is 99.5 cm³/mol. The van der Waals surface area contributed by atoms with Crippen molar-refractivity contribution in [2.45, 2.75) is 13.8 Å². The number of carbonyl (C=O) groups is 1. The van der Waals surface area contributed by atoms with E-state index in [1.807, 2.05) is 12.1 Å². The van der Waals surface area contributed by atoms with E-state index in [1.54, 1.807) is 19.4 Å². The highest BCUT2D eigenvalue weighted by Crippen LogP contribution is 2.19. The molecule has 0 fully saturated rings. The summed E-state index contributed by atoms with van der Waals surface area (Å²) in [5.41, 5.74) is 2.35. The molecular weight excluding hydrogens is 318 g/mol. The van der Waals surface area contributed by atoms with Gasteiger partial charge in [0.2, 0.25) is 5.95 Å². The molecule has 134 valence electrons. The van der Waals surface area contributed by atoms with Crippen LogP contribution in [0.2, 0.25) is 0 Å². The Bertz CT molecular complexity index is 671. The first-order valence-electron chi connectivity index (χ1n) is 8.40. The summed E-state index contributed by atoms with van der Waals surface area (Å²) in [5.74, 6) is 0.134. The Morgan fingerprint density at radius 2 is 1.88 bits per heavy atom. The van der Waals surface area contributed by atoms with E-state index in [0.717, 1.165) is 18.8 Å². The Morgan fingerprint density at radius 1 is 1.16 bits per heavy atom. The maximum atomic E-state index is 12.0. The van der Waals surface area contributed by atoms with Crippen LogP contribution in [-0.2, 0) is 4.74 Å². The van der Waals surface area contributed by atoms with Crippen LogP contribution in [0.1, 0.15) is 24.3 Å². The van der Waals surface area contributed by atoms with Crippen LogP contribution in [0.5, 0.6) is 0 Å². The predicted octanol–water partition coefficient (Wildman–Crippen LogP) is 2.44. The van der Waals surface area contributed by atoms with Crippen molar-refractivity contribution in [3.05, 3.63) is 42.2 Å². The fourth-order valence-electron chi connectivity index (χ4n) is 2.38. The highest BCUT2D eigenvalue weighted by Gasteiger charge is 2.08. The smallest absolute Gasteiger partial charge is 0.270 e. The molecular formula is C18H25N5O2. The quantitative estimate of drug-likeness (QED) is 0.681. The van der Waals surface area contributed by atoms with E-state index >= 15 is 0 Å². The first-order chi connectivity index (χ1) is 12.2. The standard InChI is InChI=1S/C18H25N5O2/c1-4-23(5-2)15-8-6-14(7-9-15)21-18-20-11-10-16(22-18)17(24)19-12-13-25-3/h6-11H,4-5,12-13H2,1-3H3,(H,19,24)(H,20,21,22). The molecule has 0 saturated heterocycles. The number of hydrogen-bond acceptors (Lipinski definition) is 6. The summed E-state index contributed by atoms with van der Waals surface area (Å²) in [5, 5.41) is 5.86. The highest BCUT2D eigenvalue weighted by molar-refractivity contribution is 5.92. The van der Waals surface area contributed by atoms with E-state index in [1.165, 1.54) is 5.69 Å². The maximum Gasteiger partial charge on any atom is 0.270 e. The van der Waals surface area contributed by atoms with Crippen molar-refractivity contribution in [1.29, 1.82) is 0 Å². The van der Waals surface area contributed by atoms with Crippen LogP contribution < -0.4 is 15.5 Å². The number of carbonyl (C=O) groups excluding carboxylic acids is 1. The van der Waals surface area contributed by atoms with Gasteiger partial charge in [0.15, 0.2) is 0 Å². The SMILES string of the molecule is CCN(CC)c1ccc(Nc2nccc(C(=O)NCCOC)n2)cc1. The van der Waals surface area contributed by atoms with Gasteiger partial charge in [0.25, 0.3) is 5.91 Å². The number of benzene rings is 1. The third kappa shape index (κ3) is 5.42. The molecule has 25 heavy (non-hydrogen) atoms. The second-order valence-corrected chi connectivity index (χ2v) is 5.36. The molecule has 7 heteroatoms. The Hall–Kier alpha value is -2.67. The Kier molecular flexibility index (Phi) is 7.16. The summed E-state index contributed by atoms with van der Waals surface area (Å²) < 4.78 is 4.91.